The van der Waals surface area contributed by atoms with Crippen LogP contribution in [0.25, 0.3) is 0 Å². The molecule has 1 aromatic carbocycles. The van der Waals surface area contributed by atoms with E-state index in [1.165, 1.54) is 16.8 Å². The Hall–Kier alpha value is -1.51. The fourth-order valence-corrected chi connectivity index (χ4v) is 2.53. The summed E-state index contributed by atoms with van der Waals surface area (Å²) in [5.41, 5.74) is 3.82. The maximum absolute atomic E-state index is 10.7. The van der Waals surface area contributed by atoms with Gasteiger partial charge in [0.1, 0.15) is 0 Å². The van der Waals surface area contributed by atoms with Gasteiger partial charge < -0.3 is 10.0 Å². The number of hydrogen-bond donors (Lipinski definition) is 1. The summed E-state index contributed by atoms with van der Waals surface area (Å²) in [5, 5.41) is 8.78. The van der Waals surface area contributed by atoms with Gasteiger partial charge in [-0.05, 0) is 37.8 Å². The molecule has 3 nitrogen and oxygen atoms in total. The van der Waals surface area contributed by atoms with Crippen molar-refractivity contribution in [3.05, 3.63) is 29.3 Å². The molecule has 0 saturated carbocycles. The second-order valence-corrected chi connectivity index (χ2v) is 4.86. The van der Waals surface area contributed by atoms with Crippen LogP contribution in [0.2, 0.25) is 0 Å². The standard InChI is InChI=1S/C14H19NO2/c1-10(2)15-9-8-12-5-3-4-11(14(12)15)6-7-13(16)17/h3-5,10H,6-9H2,1-2H3,(H,16,17). The fraction of sp³-hybridized carbons (Fsp3) is 0.500. The molecule has 1 aromatic rings. The number of rotatable bonds is 4. The van der Waals surface area contributed by atoms with E-state index in [1.807, 2.05) is 6.07 Å². The van der Waals surface area contributed by atoms with Gasteiger partial charge >= 0.3 is 5.97 Å². The van der Waals surface area contributed by atoms with Crippen LogP contribution in [0.5, 0.6) is 0 Å². The van der Waals surface area contributed by atoms with Gasteiger partial charge in [-0.15, -0.1) is 0 Å². The first-order chi connectivity index (χ1) is 8.09. The van der Waals surface area contributed by atoms with Gasteiger partial charge in [0, 0.05) is 24.7 Å². The highest BCUT2D eigenvalue weighted by Gasteiger charge is 2.23. The Morgan fingerprint density at radius 2 is 2.24 bits per heavy atom. The summed E-state index contributed by atoms with van der Waals surface area (Å²) in [4.78, 5) is 13.1. The molecule has 0 spiro atoms. The number of anilines is 1. The quantitative estimate of drug-likeness (QED) is 0.868. The average Bonchev–Trinajstić information content (AvgIpc) is 2.70. The first kappa shape index (κ1) is 12.0. The Balaban J connectivity index is 2.28. The molecule has 1 heterocycles. The molecule has 2 rings (SSSR count). The van der Waals surface area contributed by atoms with E-state index in [-0.39, 0.29) is 6.42 Å². The predicted octanol–water partition coefficient (Wildman–Crippen LogP) is 2.47. The van der Waals surface area contributed by atoms with Gasteiger partial charge in [0.05, 0.1) is 0 Å². The summed E-state index contributed by atoms with van der Waals surface area (Å²) in [7, 11) is 0. The molecule has 17 heavy (non-hydrogen) atoms. The predicted molar refractivity (Wildman–Crippen MR) is 68.6 cm³/mol. The molecule has 1 aliphatic rings. The highest BCUT2D eigenvalue weighted by molar-refractivity contribution is 5.69. The molecule has 92 valence electrons. The zero-order valence-electron chi connectivity index (χ0n) is 10.4. The molecular formula is C14H19NO2. The van der Waals surface area contributed by atoms with Gasteiger partial charge in [-0.1, -0.05) is 18.2 Å². The van der Waals surface area contributed by atoms with Crippen molar-refractivity contribution in [3.63, 3.8) is 0 Å². The largest absolute Gasteiger partial charge is 0.481 e. The lowest BCUT2D eigenvalue weighted by Crippen LogP contribution is -2.29. The first-order valence-corrected chi connectivity index (χ1v) is 6.19. The Labute approximate surface area is 102 Å². The summed E-state index contributed by atoms with van der Waals surface area (Å²) in [5.74, 6) is -0.725. The number of hydrogen-bond acceptors (Lipinski definition) is 2. The molecule has 1 aliphatic heterocycles. The minimum Gasteiger partial charge on any atom is -0.481 e. The van der Waals surface area contributed by atoms with E-state index in [0.29, 0.717) is 12.5 Å². The lowest BCUT2D eigenvalue weighted by atomic mass is 10.0. The summed E-state index contributed by atoms with van der Waals surface area (Å²) in [6, 6.07) is 6.73. The van der Waals surface area contributed by atoms with Crippen molar-refractivity contribution in [1.82, 2.24) is 0 Å². The molecule has 0 aliphatic carbocycles. The van der Waals surface area contributed by atoms with Crippen LogP contribution in [0, 0.1) is 0 Å². The topological polar surface area (TPSA) is 40.5 Å². The molecule has 0 radical (unpaired) electrons. The van der Waals surface area contributed by atoms with E-state index in [4.69, 9.17) is 5.11 Å². The van der Waals surface area contributed by atoms with Crippen LogP contribution in [0.3, 0.4) is 0 Å². The third-order valence-electron chi connectivity index (χ3n) is 3.34. The van der Waals surface area contributed by atoms with E-state index in [2.05, 4.69) is 30.9 Å². The zero-order chi connectivity index (χ0) is 12.4. The monoisotopic (exact) mass is 233 g/mol. The van der Waals surface area contributed by atoms with E-state index in [9.17, 15) is 4.79 Å². The van der Waals surface area contributed by atoms with Gasteiger partial charge in [0.15, 0.2) is 0 Å². The second kappa shape index (κ2) is 4.78. The van der Waals surface area contributed by atoms with Crippen molar-refractivity contribution < 1.29 is 9.90 Å². The number of aliphatic carboxylic acids is 1. The third kappa shape index (κ3) is 2.43. The molecule has 0 bridgehead atoms. The Morgan fingerprint density at radius 3 is 2.88 bits per heavy atom. The van der Waals surface area contributed by atoms with Gasteiger partial charge in [-0.25, -0.2) is 0 Å². The van der Waals surface area contributed by atoms with Gasteiger partial charge in [-0.3, -0.25) is 4.79 Å². The number of aryl methyl sites for hydroxylation is 1. The smallest absolute Gasteiger partial charge is 0.303 e. The number of nitrogens with zero attached hydrogens (tertiary/aromatic N) is 1. The summed E-state index contributed by atoms with van der Waals surface area (Å²) < 4.78 is 0. The van der Waals surface area contributed by atoms with Crippen molar-refractivity contribution in [1.29, 1.82) is 0 Å². The Bertz CT molecular complexity index is 426. The highest BCUT2D eigenvalue weighted by atomic mass is 16.4. The minimum atomic E-state index is -0.725. The minimum absolute atomic E-state index is 0.211. The fourth-order valence-electron chi connectivity index (χ4n) is 2.53. The number of carboxylic acid groups (broad SMARTS) is 1. The zero-order valence-corrected chi connectivity index (χ0v) is 10.4. The maximum atomic E-state index is 10.7. The van der Waals surface area contributed by atoms with Gasteiger partial charge in [-0.2, -0.15) is 0 Å². The third-order valence-corrected chi connectivity index (χ3v) is 3.34. The van der Waals surface area contributed by atoms with Crippen molar-refractivity contribution in [3.8, 4) is 0 Å². The van der Waals surface area contributed by atoms with Crippen molar-refractivity contribution in [2.24, 2.45) is 0 Å². The lowest BCUT2D eigenvalue weighted by Gasteiger charge is -2.26. The summed E-state index contributed by atoms with van der Waals surface area (Å²) in [6.45, 7) is 5.42. The summed E-state index contributed by atoms with van der Waals surface area (Å²) >= 11 is 0. The molecular weight excluding hydrogens is 214 g/mol. The molecule has 0 aromatic heterocycles. The summed E-state index contributed by atoms with van der Waals surface area (Å²) in [6.07, 6.45) is 1.92. The maximum Gasteiger partial charge on any atom is 0.303 e. The van der Waals surface area contributed by atoms with E-state index in [1.54, 1.807) is 0 Å². The Kier molecular flexibility index (Phi) is 3.36. The molecule has 0 amide bonds. The normalized spacial score (nSPS) is 14.2. The highest BCUT2D eigenvalue weighted by Crippen LogP contribution is 2.33. The Morgan fingerprint density at radius 1 is 1.47 bits per heavy atom. The second-order valence-electron chi connectivity index (χ2n) is 4.86. The van der Waals surface area contributed by atoms with Crippen molar-refractivity contribution in [2.75, 3.05) is 11.4 Å². The van der Waals surface area contributed by atoms with Crippen LogP contribution in [-0.4, -0.2) is 23.7 Å². The molecule has 0 atom stereocenters. The van der Waals surface area contributed by atoms with Crippen molar-refractivity contribution >= 4 is 11.7 Å². The van der Waals surface area contributed by atoms with Crippen LogP contribution in [0.1, 0.15) is 31.4 Å². The van der Waals surface area contributed by atoms with Crippen LogP contribution >= 0.6 is 0 Å². The molecule has 0 fully saturated rings. The lowest BCUT2D eigenvalue weighted by molar-refractivity contribution is -0.136. The van der Waals surface area contributed by atoms with E-state index >= 15 is 0 Å². The molecule has 0 unspecified atom stereocenters. The van der Waals surface area contributed by atoms with Crippen LogP contribution in [0.15, 0.2) is 18.2 Å². The van der Waals surface area contributed by atoms with Crippen LogP contribution in [0.4, 0.5) is 5.69 Å². The van der Waals surface area contributed by atoms with Crippen molar-refractivity contribution in [2.45, 2.75) is 39.2 Å². The van der Waals surface area contributed by atoms with Gasteiger partial charge in [0.2, 0.25) is 0 Å². The average molecular weight is 233 g/mol. The molecule has 0 saturated heterocycles. The number of benzene rings is 1. The number of carbonyl (C=O) groups is 1. The SMILES string of the molecule is CC(C)N1CCc2cccc(CCC(=O)O)c21. The number of carboxylic acids is 1. The van der Waals surface area contributed by atoms with Crippen LogP contribution < -0.4 is 4.90 Å². The van der Waals surface area contributed by atoms with E-state index in [0.717, 1.165) is 13.0 Å². The number of fused-ring (bicyclic) bond motifs is 1. The number of para-hydroxylation sites is 1. The first-order valence-electron chi connectivity index (χ1n) is 6.19. The van der Waals surface area contributed by atoms with E-state index < -0.39 is 5.97 Å². The molecule has 1 N–H and O–H groups in total. The molecule has 3 heteroatoms. The van der Waals surface area contributed by atoms with Crippen LogP contribution in [-0.2, 0) is 17.6 Å². The van der Waals surface area contributed by atoms with Gasteiger partial charge in [0.25, 0.3) is 0 Å².